The molecule has 0 saturated carbocycles. The highest BCUT2D eigenvalue weighted by Crippen LogP contribution is 2.29. The molecule has 3 aromatic carbocycles. The van der Waals surface area contributed by atoms with Crippen LogP contribution in [-0.4, -0.2) is 20.9 Å². The maximum atomic E-state index is 11.7. The van der Waals surface area contributed by atoms with Crippen molar-refractivity contribution in [3.05, 3.63) is 118 Å². The van der Waals surface area contributed by atoms with Gasteiger partial charge in [-0.3, -0.25) is 4.79 Å². The minimum atomic E-state index is -2.75. The van der Waals surface area contributed by atoms with Crippen LogP contribution in [0.1, 0.15) is 27.7 Å². The summed E-state index contributed by atoms with van der Waals surface area (Å²) in [5, 5.41) is 2.01. The van der Waals surface area contributed by atoms with Crippen molar-refractivity contribution in [2.75, 3.05) is 11.4 Å². The molecular formula is C27H26N2O4S2. The van der Waals surface area contributed by atoms with E-state index in [4.69, 9.17) is 4.74 Å². The summed E-state index contributed by atoms with van der Waals surface area (Å²) in [6.45, 7) is 3.99. The van der Waals surface area contributed by atoms with E-state index in [0.717, 1.165) is 28.4 Å². The molecule has 0 aliphatic rings. The van der Waals surface area contributed by atoms with Crippen LogP contribution in [-0.2, 0) is 23.7 Å². The topological polar surface area (TPSA) is 76.0 Å². The molecule has 0 spiro atoms. The Morgan fingerprint density at radius 2 is 1.49 bits per heavy atom. The number of thiophene rings is 1. The van der Waals surface area contributed by atoms with E-state index < -0.39 is 16.4 Å². The highest BCUT2D eigenvalue weighted by Gasteiger charge is 2.13. The molecule has 0 unspecified atom stereocenters. The van der Waals surface area contributed by atoms with E-state index in [2.05, 4.69) is 9.26 Å². The summed E-state index contributed by atoms with van der Waals surface area (Å²) in [7, 11) is -2.75. The molecule has 180 valence electrons. The third-order valence-corrected chi connectivity index (χ3v) is 6.16. The van der Waals surface area contributed by atoms with E-state index in [-0.39, 0.29) is 5.56 Å². The number of amides is 1. The highest BCUT2D eigenvalue weighted by molar-refractivity contribution is 7.62. The zero-order valence-electron chi connectivity index (χ0n) is 19.3. The van der Waals surface area contributed by atoms with Gasteiger partial charge in [0.25, 0.3) is 5.91 Å². The average molecular weight is 507 g/mol. The van der Waals surface area contributed by atoms with Gasteiger partial charge in [0, 0.05) is 17.8 Å². The van der Waals surface area contributed by atoms with Crippen molar-refractivity contribution in [1.82, 2.24) is 0 Å². The summed E-state index contributed by atoms with van der Waals surface area (Å²) in [6.07, 6.45) is 0. The molecular weight excluding hydrogens is 480 g/mol. The number of ether oxygens (including phenoxy) is 1. The van der Waals surface area contributed by atoms with Crippen LogP contribution < -0.4 is 9.64 Å². The van der Waals surface area contributed by atoms with E-state index in [0.29, 0.717) is 13.2 Å². The predicted octanol–water partition coefficient (Wildman–Crippen LogP) is 6.24. The maximum absolute atomic E-state index is 11.7. The second-order valence-electron chi connectivity index (χ2n) is 7.31. The number of hydrogen-bond donors (Lipinski definition) is 0. The molecule has 4 rings (SSSR count). The van der Waals surface area contributed by atoms with Crippen LogP contribution in [0.4, 0.5) is 5.69 Å². The Hall–Kier alpha value is -3.75. The first-order chi connectivity index (χ1) is 17.1. The molecule has 1 aromatic heterocycles. The first kappa shape index (κ1) is 25.9. The number of carbonyl (C=O) groups excluding carboxylic acids is 1. The highest BCUT2D eigenvalue weighted by atomic mass is 32.2. The zero-order valence-corrected chi connectivity index (χ0v) is 20.9. The number of carbonyl (C=O) groups is 1. The molecule has 0 fully saturated rings. The van der Waals surface area contributed by atoms with Crippen molar-refractivity contribution in [2.45, 2.75) is 20.1 Å². The second kappa shape index (κ2) is 13.8. The SMILES string of the molecule is CCN(Cc1sccc1OCc1ccccc1)c1ccc(C(=O)N=S(=O)=O)cc1.c1ccccc1. The molecule has 0 radical (unpaired) electrons. The van der Waals surface area contributed by atoms with Crippen LogP contribution in [0, 0.1) is 0 Å². The van der Waals surface area contributed by atoms with Gasteiger partial charge in [-0.05, 0) is 48.2 Å². The van der Waals surface area contributed by atoms with E-state index in [1.165, 1.54) is 0 Å². The Morgan fingerprint density at radius 1 is 0.886 bits per heavy atom. The molecule has 4 aromatic rings. The van der Waals surface area contributed by atoms with Crippen LogP contribution in [0.15, 0.2) is 107 Å². The molecule has 1 heterocycles. The van der Waals surface area contributed by atoms with Gasteiger partial charge in [-0.25, -0.2) is 0 Å². The quantitative estimate of drug-likeness (QED) is 0.283. The van der Waals surface area contributed by atoms with Crippen molar-refractivity contribution >= 4 is 33.4 Å². The molecule has 0 aliphatic carbocycles. The second-order valence-corrected chi connectivity index (χ2v) is 8.93. The van der Waals surface area contributed by atoms with Gasteiger partial charge in [0.05, 0.1) is 11.4 Å². The molecule has 35 heavy (non-hydrogen) atoms. The molecule has 0 atom stereocenters. The predicted molar refractivity (Wildman–Crippen MR) is 140 cm³/mol. The van der Waals surface area contributed by atoms with Crippen molar-refractivity contribution in [2.24, 2.45) is 4.36 Å². The monoisotopic (exact) mass is 506 g/mol. The van der Waals surface area contributed by atoms with Gasteiger partial charge in [-0.15, -0.1) is 11.3 Å². The minimum Gasteiger partial charge on any atom is -0.488 e. The van der Waals surface area contributed by atoms with Gasteiger partial charge in [-0.2, -0.15) is 8.42 Å². The van der Waals surface area contributed by atoms with E-state index in [1.807, 2.05) is 85.1 Å². The molecule has 0 aliphatic heterocycles. The minimum absolute atomic E-state index is 0.233. The fourth-order valence-electron chi connectivity index (χ4n) is 3.19. The van der Waals surface area contributed by atoms with E-state index in [9.17, 15) is 13.2 Å². The Labute approximate surface area is 211 Å². The normalized spacial score (nSPS) is 9.97. The Kier molecular flexibility index (Phi) is 10.2. The summed E-state index contributed by atoms with van der Waals surface area (Å²) >= 11 is 1.63. The molecule has 0 bridgehead atoms. The van der Waals surface area contributed by atoms with Gasteiger partial charge in [0.15, 0.2) is 0 Å². The summed E-state index contributed by atoms with van der Waals surface area (Å²) in [5.41, 5.74) is 2.27. The van der Waals surface area contributed by atoms with Crippen molar-refractivity contribution < 1.29 is 17.9 Å². The van der Waals surface area contributed by atoms with Crippen LogP contribution in [0.2, 0.25) is 0 Å². The lowest BCUT2D eigenvalue weighted by molar-refractivity contribution is 0.100. The third-order valence-electron chi connectivity index (χ3n) is 4.96. The van der Waals surface area contributed by atoms with Crippen LogP contribution >= 0.6 is 11.3 Å². The number of benzene rings is 3. The van der Waals surface area contributed by atoms with Crippen molar-refractivity contribution in [1.29, 1.82) is 0 Å². The molecule has 0 saturated heterocycles. The van der Waals surface area contributed by atoms with Crippen LogP contribution in [0.3, 0.4) is 0 Å². The molecule has 8 heteroatoms. The fraction of sp³-hybridized carbons (Fsp3) is 0.148. The van der Waals surface area contributed by atoms with Gasteiger partial charge >= 0.3 is 10.5 Å². The summed E-state index contributed by atoms with van der Waals surface area (Å²) in [5.74, 6) is 0.0867. The van der Waals surface area contributed by atoms with Gasteiger partial charge in [0.1, 0.15) is 12.4 Å². The number of hydrogen-bond acceptors (Lipinski definition) is 6. The molecule has 1 amide bonds. The Balaban J connectivity index is 0.000000497. The van der Waals surface area contributed by atoms with Crippen LogP contribution in [0.5, 0.6) is 5.75 Å². The lowest BCUT2D eigenvalue weighted by Crippen LogP contribution is -2.21. The number of anilines is 1. The van der Waals surface area contributed by atoms with Gasteiger partial charge in [0.2, 0.25) is 0 Å². The largest absolute Gasteiger partial charge is 0.488 e. The van der Waals surface area contributed by atoms with Crippen LogP contribution in [0.25, 0.3) is 0 Å². The molecule has 0 N–H and O–H groups in total. The van der Waals surface area contributed by atoms with Crippen molar-refractivity contribution in [3.8, 4) is 5.75 Å². The smallest absolute Gasteiger partial charge is 0.319 e. The summed E-state index contributed by atoms with van der Waals surface area (Å²) in [4.78, 5) is 15.0. The fourth-order valence-corrected chi connectivity index (χ4v) is 4.26. The Bertz CT molecular complexity index is 1290. The summed E-state index contributed by atoms with van der Waals surface area (Å²) in [6, 6.07) is 30.7. The third kappa shape index (κ3) is 8.51. The van der Waals surface area contributed by atoms with Gasteiger partial charge in [-0.1, -0.05) is 71.1 Å². The number of nitrogens with zero attached hydrogens (tertiary/aromatic N) is 2. The van der Waals surface area contributed by atoms with E-state index in [1.54, 1.807) is 35.6 Å². The lowest BCUT2D eigenvalue weighted by atomic mass is 10.2. The molecule has 6 nitrogen and oxygen atoms in total. The lowest BCUT2D eigenvalue weighted by Gasteiger charge is -2.23. The zero-order chi connectivity index (χ0) is 24.9. The maximum Gasteiger partial charge on any atom is 0.319 e. The average Bonchev–Trinajstić information content (AvgIpc) is 3.34. The summed E-state index contributed by atoms with van der Waals surface area (Å²) < 4.78 is 30.1. The standard InChI is InChI=1S/C21H20N2O4S2.C6H6/c1-2-23(18-10-8-17(9-11-18)21(24)22-29(25)26)14-20-19(12-13-28-20)27-15-16-6-4-3-5-7-16;1-2-4-6-5-3-1/h3-13H,2,14-15H2,1H3;1-6H. The first-order valence-electron chi connectivity index (χ1n) is 11.0. The first-order valence-corrected chi connectivity index (χ1v) is 12.9. The number of rotatable bonds is 8. The van der Waals surface area contributed by atoms with E-state index >= 15 is 0 Å². The van der Waals surface area contributed by atoms with Gasteiger partial charge < -0.3 is 9.64 Å². The Morgan fingerprint density at radius 3 is 2.06 bits per heavy atom. The van der Waals surface area contributed by atoms with Crippen molar-refractivity contribution in [3.63, 3.8) is 0 Å².